The van der Waals surface area contributed by atoms with Gasteiger partial charge < -0.3 is 33.9 Å². The van der Waals surface area contributed by atoms with Crippen molar-refractivity contribution in [2.24, 2.45) is 0 Å². The molecule has 5 atom stereocenters. The molecule has 2 heterocycles. The van der Waals surface area contributed by atoms with Crippen molar-refractivity contribution in [1.29, 1.82) is 0 Å². The zero-order valence-corrected chi connectivity index (χ0v) is 28.0. The molecule has 0 bridgehead atoms. The number of carbonyl (C=O) groups is 3. The molecule has 0 saturated carbocycles. The molecule has 2 aliphatic heterocycles. The van der Waals surface area contributed by atoms with Crippen LogP contribution in [0.5, 0.6) is 5.75 Å². The summed E-state index contributed by atoms with van der Waals surface area (Å²) >= 11 is 12.9. The van der Waals surface area contributed by atoms with Gasteiger partial charge in [0.25, 0.3) is 11.8 Å². The summed E-state index contributed by atoms with van der Waals surface area (Å²) in [5.41, 5.74) is 1.05. The van der Waals surface area contributed by atoms with Crippen molar-refractivity contribution in [3.63, 3.8) is 0 Å². The van der Waals surface area contributed by atoms with Crippen LogP contribution in [0.15, 0.2) is 97.1 Å². The van der Waals surface area contributed by atoms with Crippen LogP contribution in [0.2, 0.25) is 0 Å². The minimum Gasteiger partial charge on any atom is -0.468 e. The number of benzene rings is 3. The van der Waals surface area contributed by atoms with Crippen LogP contribution < -0.4 is 10.1 Å². The highest BCUT2D eigenvalue weighted by molar-refractivity contribution is 6.27. The Bertz CT molecular complexity index is 1510. The molecule has 2 saturated heterocycles. The number of hydrogen-bond acceptors (Lipinski definition) is 8. The van der Waals surface area contributed by atoms with Gasteiger partial charge in [0.05, 0.1) is 0 Å². The number of nitrogens with zero attached hydrogens (tertiary/aromatic N) is 1. The molecule has 0 aromatic heterocycles. The minimum atomic E-state index is -1.29. The van der Waals surface area contributed by atoms with Gasteiger partial charge in [-0.15, -0.1) is 11.6 Å². The van der Waals surface area contributed by atoms with Gasteiger partial charge in [0.15, 0.2) is 31.3 Å². The molecule has 0 aliphatic carbocycles. The Morgan fingerprint density at radius 3 is 2.25 bits per heavy atom. The van der Waals surface area contributed by atoms with Crippen molar-refractivity contribution in [1.82, 2.24) is 10.2 Å². The number of hydrogen-bond donors (Lipinski definition) is 1. The lowest BCUT2D eigenvalue weighted by atomic mass is 9.97. The number of β-lactam (4-membered cyclic amide) rings is 1. The van der Waals surface area contributed by atoms with Crippen LogP contribution in [0.3, 0.4) is 0 Å². The van der Waals surface area contributed by atoms with Gasteiger partial charge >= 0.3 is 5.97 Å². The van der Waals surface area contributed by atoms with Crippen LogP contribution in [-0.2, 0) is 33.3 Å². The Kier molecular flexibility index (Phi) is 12.5. The third-order valence-corrected chi connectivity index (χ3v) is 8.83. The van der Waals surface area contributed by atoms with E-state index < -0.39 is 53.9 Å². The molecule has 2 amide bonds. The summed E-state index contributed by atoms with van der Waals surface area (Å²) in [6.45, 7) is 4.46. The van der Waals surface area contributed by atoms with Gasteiger partial charge in [-0.2, -0.15) is 0 Å². The summed E-state index contributed by atoms with van der Waals surface area (Å²) in [5, 5.41) is 2.72. The predicted molar refractivity (Wildman–Crippen MR) is 179 cm³/mol. The molecule has 10 nitrogen and oxygen atoms in total. The van der Waals surface area contributed by atoms with E-state index in [1.165, 1.54) is 7.11 Å². The molecular weight excluding hydrogens is 659 g/mol. The van der Waals surface area contributed by atoms with E-state index in [2.05, 4.69) is 11.9 Å². The normalized spacial score (nSPS) is 20.4. The van der Waals surface area contributed by atoms with E-state index in [-0.39, 0.29) is 18.2 Å². The number of likely N-dealkylation sites (tertiary alicyclic amines) is 1. The summed E-state index contributed by atoms with van der Waals surface area (Å²) in [7, 11) is 1.50. The molecule has 3 aromatic rings. The molecule has 2 fully saturated rings. The number of ether oxygens (including phenoxy) is 5. The van der Waals surface area contributed by atoms with Crippen molar-refractivity contribution >= 4 is 41.0 Å². The monoisotopic (exact) mass is 696 g/mol. The zero-order chi connectivity index (χ0) is 34.0. The average molecular weight is 698 g/mol. The largest absolute Gasteiger partial charge is 0.468 e. The maximum Gasteiger partial charge on any atom is 0.334 e. The number of amides is 2. The molecule has 5 unspecified atom stereocenters. The lowest BCUT2D eigenvalue weighted by Crippen LogP contribution is -2.72. The first kappa shape index (κ1) is 35.4. The molecule has 48 heavy (non-hydrogen) atoms. The van der Waals surface area contributed by atoms with Gasteiger partial charge in [0.2, 0.25) is 0 Å². The van der Waals surface area contributed by atoms with Crippen molar-refractivity contribution in [3.8, 4) is 5.75 Å². The van der Waals surface area contributed by atoms with Gasteiger partial charge in [0, 0.05) is 19.6 Å². The second-order valence-corrected chi connectivity index (χ2v) is 12.1. The molecule has 254 valence electrons. The van der Waals surface area contributed by atoms with Gasteiger partial charge in [-0.3, -0.25) is 9.59 Å². The lowest BCUT2D eigenvalue weighted by Gasteiger charge is -2.47. The number of methoxy groups -OCH3 is 1. The maximum absolute atomic E-state index is 13.8. The molecule has 3 aromatic carbocycles. The first-order valence-corrected chi connectivity index (χ1v) is 16.6. The van der Waals surface area contributed by atoms with Gasteiger partial charge in [-0.05, 0) is 53.7 Å². The average Bonchev–Trinajstić information content (AvgIpc) is 3.13. The van der Waals surface area contributed by atoms with Crippen LogP contribution in [0.25, 0.3) is 0 Å². The third-order valence-electron chi connectivity index (χ3n) is 8.03. The summed E-state index contributed by atoms with van der Waals surface area (Å²) in [6, 6.07) is 22.8. The fourth-order valence-corrected chi connectivity index (χ4v) is 6.10. The highest BCUT2D eigenvalue weighted by Crippen LogP contribution is 2.34. The molecule has 5 rings (SSSR count). The first-order valence-electron chi connectivity index (χ1n) is 15.6. The minimum absolute atomic E-state index is 0.0158. The van der Waals surface area contributed by atoms with Gasteiger partial charge in [-0.1, -0.05) is 91.0 Å². The summed E-state index contributed by atoms with van der Waals surface area (Å²) < 4.78 is 28.5. The summed E-state index contributed by atoms with van der Waals surface area (Å²) in [5.74, 6) is -1.64. The highest BCUT2D eigenvalue weighted by atomic mass is 35.5. The fourth-order valence-electron chi connectivity index (χ4n) is 5.58. The van der Waals surface area contributed by atoms with E-state index in [0.29, 0.717) is 24.3 Å². The van der Waals surface area contributed by atoms with Crippen LogP contribution in [-0.4, -0.2) is 72.9 Å². The standard InChI is InChI=1S/C36H38Cl2N2O8/c1-23(21-37)30(36(43)48-31(24-12-5-3-6-13-24)25-14-7-4-8-15-25)40-33(38)29(35(40)42)39-34(41)32(47-28-18-9-10-19-45-28)26-16-11-17-27(20-26)46-22-44-2/h3-8,11-17,20,28-33H,1,9-10,18-19,21-22H2,2H3,(H,39,41). The molecule has 1 N–H and O–H groups in total. The van der Waals surface area contributed by atoms with Crippen LogP contribution >= 0.6 is 23.2 Å². The van der Waals surface area contributed by atoms with Crippen molar-refractivity contribution in [3.05, 3.63) is 114 Å². The number of halogens is 2. The topological polar surface area (TPSA) is 113 Å². The first-order chi connectivity index (χ1) is 23.3. The van der Waals surface area contributed by atoms with Crippen molar-refractivity contribution in [2.45, 2.75) is 55.3 Å². The Morgan fingerprint density at radius 2 is 1.67 bits per heavy atom. The van der Waals surface area contributed by atoms with Crippen molar-refractivity contribution < 1.29 is 38.1 Å². The fraction of sp³-hybridized carbons (Fsp3) is 0.361. The number of nitrogens with one attached hydrogen (secondary N) is 1. The Balaban J connectivity index is 1.34. The second kappa shape index (κ2) is 16.9. The Labute approximate surface area is 289 Å². The molecule has 0 radical (unpaired) electrons. The summed E-state index contributed by atoms with van der Waals surface area (Å²) in [6.07, 6.45) is -0.156. The molecule has 12 heteroatoms. The Morgan fingerprint density at radius 1 is 1.00 bits per heavy atom. The van der Waals surface area contributed by atoms with E-state index >= 15 is 0 Å². The maximum atomic E-state index is 13.8. The van der Waals surface area contributed by atoms with Crippen LogP contribution in [0.1, 0.15) is 48.2 Å². The van der Waals surface area contributed by atoms with Crippen molar-refractivity contribution in [2.75, 3.05) is 26.4 Å². The van der Waals surface area contributed by atoms with E-state index in [9.17, 15) is 14.4 Å². The van der Waals surface area contributed by atoms with E-state index in [0.717, 1.165) is 28.9 Å². The molecular formula is C36H38Cl2N2O8. The quantitative estimate of drug-likeness (QED) is 0.0543. The van der Waals surface area contributed by atoms with Gasteiger partial charge in [-0.25, -0.2) is 4.79 Å². The van der Waals surface area contributed by atoms with E-state index in [4.69, 9.17) is 46.9 Å². The third kappa shape index (κ3) is 8.37. The second-order valence-electron chi connectivity index (χ2n) is 11.4. The van der Waals surface area contributed by atoms with Gasteiger partial charge in [0.1, 0.15) is 17.3 Å². The number of alkyl halides is 2. The molecule has 0 spiro atoms. The predicted octanol–water partition coefficient (Wildman–Crippen LogP) is 5.64. The SMILES string of the molecule is C=C(CCl)C(C(=O)OC(c1ccccc1)c1ccccc1)N1C(=O)C(NC(=O)C(OC2CCCCO2)c2cccc(OCOC)c2)C1Cl. The number of esters is 1. The van der Waals surface area contributed by atoms with E-state index in [1.807, 2.05) is 60.7 Å². The van der Waals surface area contributed by atoms with Crippen LogP contribution in [0.4, 0.5) is 0 Å². The van der Waals surface area contributed by atoms with E-state index in [1.54, 1.807) is 24.3 Å². The number of carbonyl (C=O) groups excluding carboxylic acids is 3. The van der Waals surface area contributed by atoms with Crippen LogP contribution in [0, 0.1) is 0 Å². The summed E-state index contributed by atoms with van der Waals surface area (Å²) in [4.78, 5) is 42.4. The highest BCUT2D eigenvalue weighted by Gasteiger charge is 2.54. The zero-order valence-electron chi connectivity index (χ0n) is 26.5. The Hall–Kier alpha value is -3.93. The number of rotatable bonds is 15. The smallest absolute Gasteiger partial charge is 0.334 e. The molecule has 2 aliphatic rings. The lowest BCUT2D eigenvalue weighted by molar-refractivity contribution is -0.195.